The lowest BCUT2D eigenvalue weighted by Crippen LogP contribution is -2.23. The van der Waals surface area contributed by atoms with Crippen LogP contribution in [0.15, 0.2) is 23.1 Å². The first-order chi connectivity index (χ1) is 9.34. The summed E-state index contributed by atoms with van der Waals surface area (Å²) in [5.41, 5.74) is 6.89. The van der Waals surface area contributed by atoms with Crippen molar-refractivity contribution in [3.63, 3.8) is 0 Å². The van der Waals surface area contributed by atoms with Gasteiger partial charge in [-0.25, -0.2) is 9.97 Å². The number of hydrogen-bond donors (Lipinski definition) is 1. The van der Waals surface area contributed by atoms with Crippen LogP contribution in [0.1, 0.15) is 44.0 Å². The molecule has 0 spiro atoms. The molecule has 2 aromatic rings. The third kappa shape index (κ3) is 2.63. The van der Waals surface area contributed by atoms with Crippen LogP contribution >= 0.6 is 0 Å². The summed E-state index contributed by atoms with van der Waals surface area (Å²) in [5.74, 6) is 1.44. The van der Waals surface area contributed by atoms with Gasteiger partial charge in [0, 0.05) is 6.20 Å². The van der Waals surface area contributed by atoms with E-state index in [1.807, 2.05) is 0 Å². The number of rotatable bonds is 3. The molecule has 6 heteroatoms. The van der Waals surface area contributed by atoms with Crippen molar-refractivity contribution < 1.29 is 4.52 Å². The molecule has 19 heavy (non-hydrogen) atoms. The van der Waals surface area contributed by atoms with Crippen LogP contribution in [0.4, 0.5) is 0 Å². The smallest absolute Gasteiger partial charge is 0.244 e. The topological polar surface area (TPSA) is 90.7 Å². The van der Waals surface area contributed by atoms with Gasteiger partial charge in [-0.05, 0) is 24.8 Å². The van der Waals surface area contributed by atoms with Gasteiger partial charge < -0.3 is 10.3 Å². The molecule has 1 atom stereocenters. The van der Waals surface area contributed by atoms with Gasteiger partial charge in [-0.15, -0.1) is 0 Å². The molecule has 0 radical (unpaired) electrons. The second-order valence-corrected chi connectivity index (χ2v) is 4.97. The van der Waals surface area contributed by atoms with Crippen molar-refractivity contribution >= 4 is 0 Å². The Kier molecular flexibility index (Phi) is 3.50. The normalized spacial score (nSPS) is 18.4. The summed E-state index contributed by atoms with van der Waals surface area (Å²) >= 11 is 0. The lowest BCUT2D eigenvalue weighted by atomic mass is 9.84. The van der Waals surface area contributed by atoms with Gasteiger partial charge in [0.2, 0.25) is 11.7 Å². The van der Waals surface area contributed by atoms with Crippen molar-refractivity contribution in [2.24, 2.45) is 11.7 Å². The Morgan fingerprint density at radius 1 is 1.26 bits per heavy atom. The van der Waals surface area contributed by atoms with Crippen LogP contribution in [0.25, 0.3) is 11.5 Å². The van der Waals surface area contributed by atoms with Crippen molar-refractivity contribution in [1.29, 1.82) is 0 Å². The molecule has 2 aromatic heterocycles. The molecule has 0 saturated heterocycles. The third-order valence-electron chi connectivity index (χ3n) is 3.70. The standard InChI is InChI=1S/C13H17N5O/c14-11(9-4-2-1-3-5-9)13-17-12(18-19-13)10-6-7-15-8-16-10/h6-9,11H,1-5,14H2. The van der Waals surface area contributed by atoms with Crippen LogP contribution in [0, 0.1) is 5.92 Å². The highest BCUT2D eigenvalue weighted by molar-refractivity contribution is 5.46. The van der Waals surface area contributed by atoms with Gasteiger partial charge in [-0.1, -0.05) is 24.4 Å². The quantitative estimate of drug-likeness (QED) is 0.907. The molecule has 2 heterocycles. The minimum Gasteiger partial charge on any atom is -0.337 e. The van der Waals surface area contributed by atoms with E-state index in [0.717, 1.165) is 12.8 Å². The fraction of sp³-hybridized carbons (Fsp3) is 0.538. The summed E-state index contributed by atoms with van der Waals surface area (Å²) in [4.78, 5) is 12.3. The number of nitrogens with zero attached hydrogens (tertiary/aromatic N) is 4. The van der Waals surface area contributed by atoms with Gasteiger partial charge in [-0.2, -0.15) is 4.98 Å². The second-order valence-electron chi connectivity index (χ2n) is 4.97. The van der Waals surface area contributed by atoms with E-state index >= 15 is 0 Å². The molecule has 6 nitrogen and oxygen atoms in total. The van der Waals surface area contributed by atoms with E-state index in [1.165, 1.54) is 25.6 Å². The average molecular weight is 259 g/mol. The molecule has 1 saturated carbocycles. The Morgan fingerprint density at radius 3 is 2.84 bits per heavy atom. The van der Waals surface area contributed by atoms with Crippen molar-refractivity contribution in [2.45, 2.75) is 38.1 Å². The molecule has 100 valence electrons. The highest BCUT2D eigenvalue weighted by atomic mass is 16.5. The molecule has 1 aliphatic carbocycles. The van der Waals surface area contributed by atoms with Crippen LogP contribution in [0.3, 0.4) is 0 Å². The first kappa shape index (κ1) is 12.2. The maximum absolute atomic E-state index is 6.23. The predicted molar refractivity (Wildman–Crippen MR) is 68.8 cm³/mol. The van der Waals surface area contributed by atoms with Crippen LogP contribution in [-0.4, -0.2) is 20.1 Å². The fourth-order valence-electron chi connectivity index (χ4n) is 2.59. The van der Waals surface area contributed by atoms with E-state index in [-0.39, 0.29) is 6.04 Å². The Labute approximate surface area is 111 Å². The highest BCUT2D eigenvalue weighted by Crippen LogP contribution is 2.32. The minimum absolute atomic E-state index is 0.164. The Hall–Kier alpha value is -1.82. The summed E-state index contributed by atoms with van der Waals surface area (Å²) in [6, 6.07) is 1.59. The minimum atomic E-state index is -0.164. The summed E-state index contributed by atoms with van der Waals surface area (Å²) in [5, 5.41) is 3.95. The van der Waals surface area contributed by atoms with E-state index in [4.69, 9.17) is 10.3 Å². The molecule has 2 N–H and O–H groups in total. The summed E-state index contributed by atoms with van der Waals surface area (Å²) in [7, 11) is 0. The van der Waals surface area contributed by atoms with Gasteiger partial charge >= 0.3 is 0 Å². The largest absolute Gasteiger partial charge is 0.337 e. The zero-order valence-corrected chi connectivity index (χ0v) is 10.7. The zero-order chi connectivity index (χ0) is 13.1. The lowest BCUT2D eigenvalue weighted by molar-refractivity contribution is 0.255. The molecule has 1 unspecified atom stereocenters. The molecule has 0 bridgehead atoms. The summed E-state index contributed by atoms with van der Waals surface area (Å²) < 4.78 is 5.29. The Bertz CT molecular complexity index is 521. The first-order valence-corrected chi connectivity index (χ1v) is 6.70. The number of aromatic nitrogens is 4. The average Bonchev–Trinajstić information content (AvgIpc) is 2.98. The number of hydrogen-bond acceptors (Lipinski definition) is 6. The monoisotopic (exact) mass is 259 g/mol. The van der Waals surface area contributed by atoms with E-state index in [9.17, 15) is 0 Å². The van der Waals surface area contributed by atoms with Gasteiger partial charge in [0.15, 0.2) is 0 Å². The van der Waals surface area contributed by atoms with E-state index < -0.39 is 0 Å². The second kappa shape index (κ2) is 5.44. The predicted octanol–water partition coefficient (Wildman–Crippen LogP) is 2.11. The van der Waals surface area contributed by atoms with Crippen molar-refractivity contribution in [1.82, 2.24) is 20.1 Å². The van der Waals surface area contributed by atoms with Crippen molar-refractivity contribution in [2.75, 3.05) is 0 Å². The Balaban J connectivity index is 1.77. The third-order valence-corrected chi connectivity index (χ3v) is 3.70. The van der Waals surface area contributed by atoms with Gasteiger partial charge in [0.05, 0.1) is 6.04 Å². The van der Waals surface area contributed by atoms with Crippen molar-refractivity contribution in [3.05, 3.63) is 24.5 Å². The van der Waals surface area contributed by atoms with Crippen LogP contribution in [-0.2, 0) is 0 Å². The van der Waals surface area contributed by atoms with Crippen molar-refractivity contribution in [3.8, 4) is 11.5 Å². The van der Waals surface area contributed by atoms with E-state index in [1.54, 1.807) is 12.3 Å². The van der Waals surface area contributed by atoms with Crippen LogP contribution < -0.4 is 5.73 Å². The lowest BCUT2D eigenvalue weighted by Gasteiger charge is -2.24. The Morgan fingerprint density at radius 2 is 2.11 bits per heavy atom. The highest BCUT2D eigenvalue weighted by Gasteiger charge is 2.26. The molecule has 0 aliphatic heterocycles. The molecular weight excluding hydrogens is 242 g/mol. The van der Waals surface area contributed by atoms with Gasteiger partial charge in [0.25, 0.3) is 0 Å². The summed E-state index contributed by atoms with van der Waals surface area (Å²) in [6.45, 7) is 0. The first-order valence-electron chi connectivity index (χ1n) is 6.70. The molecule has 0 aromatic carbocycles. The molecule has 1 aliphatic rings. The zero-order valence-electron chi connectivity index (χ0n) is 10.7. The number of nitrogens with two attached hydrogens (primary N) is 1. The molecule has 0 amide bonds. The molecule has 1 fully saturated rings. The van der Waals surface area contributed by atoms with E-state index in [2.05, 4.69) is 20.1 Å². The molecular formula is C13H17N5O. The molecule has 3 rings (SSSR count). The van der Waals surface area contributed by atoms with E-state index in [0.29, 0.717) is 23.3 Å². The SMILES string of the molecule is NC(c1nc(-c2ccncn2)no1)C1CCCCC1. The van der Waals surface area contributed by atoms with Crippen LogP contribution in [0.5, 0.6) is 0 Å². The maximum Gasteiger partial charge on any atom is 0.244 e. The maximum atomic E-state index is 6.23. The summed E-state index contributed by atoms with van der Waals surface area (Å²) in [6.07, 6.45) is 9.19. The fourth-order valence-corrected chi connectivity index (χ4v) is 2.59. The van der Waals surface area contributed by atoms with Gasteiger partial charge in [0.1, 0.15) is 12.0 Å². The van der Waals surface area contributed by atoms with Gasteiger partial charge in [-0.3, -0.25) is 0 Å². The van der Waals surface area contributed by atoms with Crippen LogP contribution in [0.2, 0.25) is 0 Å².